The molecule has 3 rings (SSSR count). The number of nitrogens with one attached hydrogen (secondary N) is 2. The number of nitrogens with zero attached hydrogens (tertiary/aromatic N) is 4. The van der Waals surface area contributed by atoms with E-state index in [-0.39, 0.29) is 5.82 Å². The lowest BCUT2D eigenvalue weighted by Gasteiger charge is -2.15. The zero-order chi connectivity index (χ0) is 20.8. The summed E-state index contributed by atoms with van der Waals surface area (Å²) in [4.78, 5) is 11.7. The van der Waals surface area contributed by atoms with Crippen molar-refractivity contribution in [3.8, 4) is 0 Å². The van der Waals surface area contributed by atoms with Gasteiger partial charge in [-0.25, -0.2) is 10.2 Å². The molecule has 0 spiro atoms. The number of aryl methyl sites for hydroxylation is 2. The fraction of sp³-hybridized carbons (Fsp3) is 0.190. The van der Waals surface area contributed by atoms with Crippen LogP contribution in [0.2, 0.25) is 0 Å². The molecule has 0 atom stereocenters. The molecule has 2 heterocycles. The Bertz CT molecular complexity index is 1100. The summed E-state index contributed by atoms with van der Waals surface area (Å²) in [5, 5.41) is 8.66. The third kappa shape index (κ3) is 4.85. The minimum absolute atomic E-state index is 0.315. The fourth-order valence-electron chi connectivity index (χ4n) is 2.94. The fourth-order valence-corrected chi connectivity index (χ4v) is 2.94. The summed E-state index contributed by atoms with van der Waals surface area (Å²) < 4.78 is 13.9. The Balaban J connectivity index is 1.92. The van der Waals surface area contributed by atoms with Gasteiger partial charge in [0.15, 0.2) is 0 Å². The molecule has 8 heteroatoms. The van der Waals surface area contributed by atoms with E-state index in [0.717, 1.165) is 23.4 Å². The van der Waals surface area contributed by atoms with Crippen molar-refractivity contribution in [3.05, 3.63) is 77.4 Å². The van der Waals surface area contributed by atoms with Gasteiger partial charge in [0.1, 0.15) is 11.3 Å². The van der Waals surface area contributed by atoms with Crippen molar-refractivity contribution >= 4 is 23.3 Å². The van der Waals surface area contributed by atoms with Crippen LogP contribution < -0.4 is 5.84 Å². The van der Waals surface area contributed by atoms with Crippen LogP contribution in [0.5, 0.6) is 0 Å². The van der Waals surface area contributed by atoms with Crippen LogP contribution in [0.3, 0.4) is 0 Å². The molecule has 1 aromatic carbocycles. The van der Waals surface area contributed by atoms with E-state index in [9.17, 15) is 4.39 Å². The summed E-state index contributed by atoms with van der Waals surface area (Å²) in [7, 11) is 0. The minimum Gasteiger partial charge on any atom is -0.360 e. The molecule has 0 radical (unpaired) electrons. The van der Waals surface area contributed by atoms with Gasteiger partial charge in [0.05, 0.1) is 24.1 Å². The number of hydrazine groups is 1. The lowest BCUT2D eigenvalue weighted by molar-refractivity contribution is 0.382. The summed E-state index contributed by atoms with van der Waals surface area (Å²) in [6.07, 6.45) is 7.68. The standard InChI is InChI=1S/C21H24FN7/c1-4-15-6-5-14(2)27-16(10-25-9-15)12-29(23)13-20(24-3)17-7-8-19(22)21-18(17)11-26-28-21/h5-11,13,27H,3-4,12,23H2,1-2H3,(H,26,28)/b14-5?,15-6?,16-10?,20-13-,25-9?. The van der Waals surface area contributed by atoms with E-state index >= 15 is 0 Å². The number of aromatic nitrogens is 4. The molecule has 0 fully saturated rings. The third-order valence-corrected chi connectivity index (χ3v) is 4.44. The predicted molar refractivity (Wildman–Crippen MR) is 114 cm³/mol. The second kappa shape index (κ2) is 9.11. The van der Waals surface area contributed by atoms with Crippen LogP contribution in [0.1, 0.15) is 29.4 Å². The van der Waals surface area contributed by atoms with Gasteiger partial charge in [-0.1, -0.05) is 13.0 Å². The number of benzene rings is 1. The Morgan fingerprint density at radius 3 is 2.86 bits per heavy atom. The van der Waals surface area contributed by atoms with E-state index in [1.807, 2.05) is 25.3 Å². The van der Waals surface area contributed by atoms with Gasteiger partial charge >= 0.3 is 0 Å². The van der Waals surface area contributed by atoms with E-state index in [2.05, 4.69) is 38.8 Å². The highest BCUT2D eigenvalue weighted by Crippen LogP contribution is 2.26. The van der Waals surface area contributed by atoms with Gasteiger partial charge in [0.25, 0.3) is 0 Å². The number of nitrogens with two attached hydrogens (primary N) is 1. The first-order chi connectivity index (χ1) is 14.0. The van der Waals surface area contributed by atoms with Crippen LogP contribution in [0.25, 0.3) is 16.6 Å². The number of aliphatic imine (C=N–C) groups is 1. The Kier molecular flexibility index (Phi) is 6.36. The smallest absolute Gasteiger partial charge is 0.148 e. The highest BCUT2D eigenvalue weighted by Gasteiger charge is 2.11. The van der Waals surface area contributed by atoms with Crippen LogP contribution in [0.4, 0.5) is 4.39 Å². The largest absolute Gasteiger partial charge is 0.360 e. The van der Waals surface area contributed by atoms with E-state index in [4.69, 9.17) is 5.84 Å². The Morgan fingerprint density at radius 1 is 1.28 bits per heavy atom. The van der Waals surface area contributed by atoms with Gasteiger partial charge in [0.2, 0.25) is 0 Å². The maximum absolute atomic E-state index is 13.9. The Hall–Kier alpha value is -3.52. The molecule has 0 aliphatic rings. The lowest BCUT2D eigenvalue weighted by atomic mass is 10.1. The van der Waals surface area contributed by atoms with Gasteiger partial charge in [-0.15, -0.1) is 0 Å². The zero-order valence-electron chi connectivity index (χ0n) is 16.5. The average molecular weight is 393 g/mol. The van der Waals surface area contributed by atoms with Crippen molar-refractivity contribution in [2.75, 3.05) is 0 Å². The second-order valence-electron chi connectivity index (χ2n) is 6.60. The molecule has 0 aliphatic heterocycles. The molecule has 0 unspecified atom stereocenters. The first-order valence-corrected chi connectivity index (χ1v) is 9.20. The Morgan fingerprint density at radius 2 is 2.10 bits per heavy atom. The topological polar surface area (TPSA) is 99.0 Å². The molecule has 4 N–H and O–H groups in total. The van der Waals surface area contributed by atoms with Crippen molar-refractivity contribution < 1.29 is 4.39 Å². The maximum atomic E-state index is 13.9. The normalized spacial score (nSPS) is 11.4. The molecule has 0 saturated heterocycles. The van der Waals surface area contributed by atoms with Crippen LogP contribution in [0.15, 0.2) is 54.0 Å². The number of H-pyrrole nitrogens is 2. The minimum atomic E-state index is -0.380. The molecule has 0 amide bonds. The number of hydrogen-bond donors (Lipinski definition) is 3. The number of halogens is 1. The number of fused-ring (bicyclic) bond motifs is 1. The monoisotopic (exact) mass is 393 g/mol. The van der Waals surface area contributed by atoms with Crippen molar-refractivity contribution in [1.29, 1.82) is 0 Å². The van der Waals surface area contributed by atoms with Crippen LogP contribution >= 0.6 is 0 Å². The van der Waals surface area contributed by atoms with Gasteiger partial charge in [0, 0.05) is 35.2 Å². The second-order valence-corrected chi connectivity index (χ2v) is 6.60. The third-order valence-electron chi connectivity index (χ3n) is 4.44. The summed E-state index contributed by atoms with van der Waals surface area (Å²) >= 11 is 0. The number of aromatic amines is 2. The molecule has 0 aliphatic carbocycles. The summed E-state index contributed by atoms with van der Waals surface area (Å²) in [5.74, 6) is 5.82. The quantitative estimate of drug-likeness (QED) is 0.337. The highest BCUT2D eigenvalue weighted by atomic mass is 19.1. The van der Waals surface area contributed by atoms with E-state index in [1.54, 1.807) is 24.7 Å². The van der Waals surface area contributed by atoms with Crippen LogP contribution in [-0.4, -0.2) is 31.9 Å². The molecule has 0 bridgehead atoms. The van der Waals surface area contributed by atoms with Crippen LogP contribution in [0, 0.1) is 12.7 Å². The number of hydrogen-bond acceptors (Lipinski definition) is 5. The summed E-state index contributed by atoms with van der Waals surface area (Å²) in [6, 6.07) is 7.03. The van der Waals surface area contributed by atoms with Crippen molar-refractivity contribution in [2.45, 2.75) is 26.8 Å². The van der Waals surface area contributed by atoms with Crippen molar-refractivity contribution in [2.24, 2.45) is 10.8 Å². The molecule has 150 valence electrons. The van der Waals surface area contributed by atoms with Crippen molar-refractivity contribution in [3.63, 3.8) is 0 Å². The van der Waals surface area contributed by atoms with E-state index in [0.29, 0.717) is 28.7 Å². The molecule has 0 saturated carbocycles. The predicted octanol–water partition coefficient (Wildman–Crippen LogP) is 3.80. The first kappa shape index (κ1) is 20.2. The molecular weight excluding hydrogens is 369 g/mol. The number of rotatable bonds is 6. The van der Waals surface area contributed by atoms with Crippen molar-refractivity contribution in [1.82, 2.24) is 25.2 Å². The van der Waals surface area contributed by atoms with Gasteiger partial charge in [-0.2, -0.15) is 5.10 Å². The Labute approximate surface area is 168 Å². The molecule has 2 aromatic heterocycles. The lowest BCUT2D eigenvalue weighted by Crippen LogP contribution is -2.25. The summed E-state index contributed by atoms with van der Waals surface area (Å²) in [5.41, 5.74) is 4.43. The van der Waals surface area contributed by atoms with Gasteiger partial charge in [-0.3, -0.25) is 15.1 Å². The molecule has 7 nitrogen and oxygen atoms in total. The van der Waals surface area contributed by atoms with Crippen LogP contribution in [-0.2, 0) is 13.0 Å². The maximum Gasteiger partial charge on any atom is 0.148 e. The molecule has 3 aromatic rings. The van der Waals surface area contributed by atoms with Gasteiger partial charge in [-0.05, 0) is 43.8 Å². The molecule has 29 heavy (non-hydrogen) atoms. The van der Waals surface area contributed by atoms with E-state index in [1.165, 1.54) is 11.1 Å². The van der Waals surface area contributed by atoms with E-state index < -0.39 is 0 Å². The average Bonchev–Trinajstić information content (AvgIpc) is 3.21. The summed E-state index contributed by atoms with van der Waals surface area (Å²) in [6.45, 7) is 8.05. The highest BCUT2D eigenvalue weighted by molar-refractivity contribution is 5.92. The first-order valence-electron chi connectivity index (χ1n) is 9.20. The zero-order valence-corrected chi connectivity index (χ0v) is 16.5. The molecular formula is C21H24FN7. The van der Waals surface area contributed by atoms with Gasteiger partial charge < -0.3 is 9.99 Å². The SMILES string of the molecule is C=N/C(=C\N(N)Cc1cncc(CC)ccc(C)[nH]1)c1ccc(F)c2[nH]ncc12.